The standard InChI is InChI=1S/C14H13ClN2/c1-17-14(10-5-3-2-4-6-10)12-9-11(15)7-8-13(12)16/h2-9H,16H2,1H3. The van der Waals surface area contributed by atoms with E-state index < -0.39 is 0 Å². The number of anilines is 1. The average molecular weight is 245 g/mol. The van der Waals surface area contributed by atoms with Crippen LogP contribution in [-0.4, -0.2) is 12.8 Å². The lowest BCUT2D eigenvalue weighted by Gasteiger charge is -2.09. The third-order valence-electron chi connectivity index (χ3n) is 2.54. The summed E-state index contributed by atoms with van der Waals surface area (Å²) in [6, 6.07) is 15.3. The Morgan fingerprint density at radius 3 is 2.47 bits per heavy atom. The van der Waals surface area contributed by atoms with Crippen LogP contribution < -0.4 is 5.73 Å². The number of nitrogen functional groups attached to an aromatic ring is 1. The molecule has 0 fully saturated rings. The molecular formula is C14H13ClN2. The highest BCUT2D eigenvalue weighted by atomic mass is 35.5. The number of rotatable bonds is 2. The van der Waals surface area contributed by atoms with Gasteiger partial charge in [-0.25, -0.2) is 0 Å². The summed E-state index contributed by atoms with van der Waals surface area (Å²) in [6.45, 7) is 0. The van der Waals surface area contributed by atoms with Crippen LogP contribution in [0.1, 0.15) is 11.1 Å². The van der Waals surface area contributed by atoms with Gasteiger partial charge in [0.05, 0.1) is 5.71 Å². The van der Waals surface area contributed by atoms with Gasteiger partial charge >= 0.3 is 0 Å². The predicted molar refractivity (Wildman–Crippen MR) is 73.9 cm³/mol. The average Bonchev–Trinajstić information content (AvgIpc) is 2.36. The van der Waals surface area contributed by atoms with Crippen molar-refractivity contribution >= 4 is 23.0 Å². The van der Waals surface area contributed by atoms with E-state index in [1.165, 1.54) is 0 Å². The fourth-order valence-electron chi connectivity index (χ4n) is 1.73. The highest BCUT2D eigenvalue weighted by Crippen LogP contribution is 2.21. The van der Waals surface area contributed by atoms with Gasteiger partial charge in [0.25, 0.3) is 0 Å². The zero-order chi connectivity index (χ0) is 12.3. The summed E-state index contributed by atoms with van der Waals surface area (Å²) in [6.07, 6.45) is 0. The lowest BCUT2D eigenvalue weighted by atomic mass is 10.0. The summed E-state index contributed by atoms with van der Waals surface area (Å²) in [5.41, 5.74) is 9.39. The minimum Gasteiger partial charge on any atom is -0.398 e. The maximum absolute atomic E-state index is 5.99. The second-order valence-electron chi connectivity index (χ2n) is 3.67. The Kier molecular flexibility index (Phi) is 3.45. The van der Waals surface area contributed by atoms with E-state index in [1.807, 2.05) is 36.4 Å². The number of benzene rings is 2. The summed E-state index contributed by atoms with van der Waals surface area (Å²) in [5.74, 6) is 0. The predicted octanol–water partition coefficient (Wildman–Crippen LogP) is 3.39. The van der Waals surface area contributed by atoms with Crippen molar-refractivity contribution in [2.24, 2.45) is 4.99 Å². The van der Waals surface area contributed by atoms with E-state index >= 15 is 0 Å². The fraction of sp³-hybridized carbons (Fsp3) is 0.0714. The summed E-state index contributed by atoms with van der Waals surface area (Å²) in [7, 11) is 1.75. The van der Waals surface area contributed by atoms with Crippen molar-refractivity contribution in [3.05, 3.63) is 64.7 Å². The molecule has 2 nitrogen and oxygen atoms in total. The minimum absolute atomic E-state index is 0.659. The van der Waals surface area contributed by atoms with E-state index in [0.29, 0.717) is 10.7 Å². The summed E-state index contributed by atoms with van der Waals surface area (Å²) >= 11 is 5.99. The Bertz CT molecular complexity index is 547. The molecule has 3 heteroatoms. The molecule has 0 bridgehead atoms. The van der Waals surface area contributed by atoms with Crippen LogP contribution in [0.3, 0.4) is 0 Å². The number of halogens is 1. The van der Waals surface area contributed by atoms with E-state index in [1.54, 1.807) is 19.2 Å². The molecule has 2 N–H and O–H groups in total. The van der Waals surface area contributed by atoms with Crippen LogP contribution in [0.25, 0.3) is 0 Å². The van der Waals surface area contributed by atoms with Crippen molar-refractivity contribution in [1.29, 1.82) is 0 Å². The molecule has 0 aromatic heterocycles. The largest absolute Gasteiger partial charge is 0.398 e. The number of hydrogen-bond donors (Lipinski definition) is 1. The smallest absolute Gasteiger partial charge is 0.0736 e. The molecule has 0 aliphatic rings. The first-order valence-electron chi connectivity index (χ1n) is 5.30. The molecular weight excluding hydrogens is 232 g/mol. The van der Waals surface area contributed by atoms with E-state index in [-0.39, 0.29) is 0 Å². The van der Waals surface area contributed by atoms with Gasteiger partial charge in [-0.1, -0.05) is 41.9 Å². The second kappa shape index (κ2) is 5.02. The van der Waals surface area contributed by atoms with Crippen LogP contribution in [-0.2, 0) is 0 Å². The third-order valence-corrected chi connectivity index (χ3v) is 2.78. The zero-order valence-electron chi connectivity index (χ0n) is 9.52. The Morgan fingerprint density at radius 2 is 1.82 bits per heavy atom. The van der Waals surface area contributed by atoms with Gasteiger partial charge in [0.1, 0.15) is 0 Å². The van der Waals surface area contributed by atoms with Crippen molar-refractivity contribution in [3.8, 4) is 0 Å². The van der Waals surface area contributed by atoms with Gasteiger partial charge in [0, 0.05) is 28.9 Å². The molecule has 0 heterocycles. The first kappa shape index (κ1) is 11.7. The number of nitrogens with zero attached hydrogens (tertiary/aromatic N) is 1. The van der Waals surface area contributed by atoms with Gasteiger partial charge < -0.3 is 5.73 Å². The zero-order valence-corrected chi connectivity index (χ0v) is 10.3. The molecule has 2 aromatic carbocycles. The van der Waals surface area contributed by atoms with Crippen molar-refractivity contribution < 1.29 is 0 Å². The van der Waals surface area contributed by atoms with Crippen molar-refractivity contribution in [2.45, 2.75) is 0 Å². The van der Waals surface area contributed by atoms with Crippen molar-refractivity contribution in [3.63, 3.8) is 0 Å². The molecule has 0 radical (unpaired) electrons. The van der Waals surface area contributed by atoms with Gasteiger partial charge in [0.15, 0.2) is 0 Å². The molecule has 0 unspecified atom stereocenters. The molecule has 0 spiro atoms. The molecule has 2 rings (SSSR count). The second-order valence-corrected chi connectivity index (χ2v) is 4.11. The highest BCUT2D eigenvalue weighted by Gasteiger charge is 2.09. The van der Waals surface area contributed by atoms with Crippen LogP contribution in [0.5, 0.6) is 0 Å². The Labute approximate surface area is 106 Å². The van der Waals surface area contributed by atoms with Crippen LogP contribution >= 0.6 is 11.6 Å². The number of hydrogen-bond acceptors (Lipinski definition) is 2. The molecule has 0 aliphatic heterocycles. The normalized spacial score (nSPS) is 11.5. The monoisotopic (exact) mass is 244 g/mol. The van der Waals surface area contributed by atoms with Gasteiger partial charge in [-0.3, -0.25) is 4.99 Å². The van der Waals surface area contributed by atoms with Crippen molar-refractivity contribution in [2.75, 3.05) is 12.8 Å². The van der Waals surface area contributed by atoms with E-state index in [2.05, 4.69) is 4.99 Å². The van der Waals surface area contributed by atoms with E-state index in [0.717, 1.165) is 16.8 Å². The van der Waals surface area contributed by atoms with Crippen LogP contribution in [0.4, 0.5) is 5.69 Å². The molecule has 0 saturated carbocycles. The first-order valence-corrected chi connectivity index (χ1v) is 5.68. The lowest BCUT2D eigenvalue weighted by Crippen LogP contribution is -2.06. The minimum atomic E-state index is 0.659. The van der Waals surface area contributed by atoms with Gasteiger partial charge in [-0.15, -0.1) is 0 Å². The molecule has 0 atom stereocenters. The van der Waals surface area contributed by atoms with Crippen LogP contribution in [0.15, 0.2) is 53.5 Å². The Balaban J connectivity index is 2.54. The molecule has 0 aliphatic carbocycles. The molecule has 17 heavy (non-hydrogen) atoms. The summed E-state index contributed by atoms with van der Waals surface area (Å²) < 4.78 is 0. The SMILES string of the molecule is CN=C(c1ccccc1)c1cc(Cl)ccc1N. The maximum Gasteiger partial charge on any atom is 0.0736 e. The fourth-order valence-corrected chi connectivity index (χ4v) is 1.91. The first-order chi connectivity index (χ1) is 8.22. The van der Waals surface area contributed by atoms with Crippen LogP contribution in [0, 0.1) is 0 Å². The van der Waals surface area contributed by atoms with E-state index in [9.17, 15) is 0 Å². The molecule has 0 saturated heterocycles. The van der Waals surface area contributed by atoms with Gasteiger partial charge in [-0.05, 0) is 18.2 Å². The van der Waals surface area contributed by atoms with Gasteiger partial charge in [-0.2, -0.15) is 0 Å². The number of aliphatic imine (C=N–C) groups is 1. The Morgan fingerprint density at radius 1 is 1.12 bits per heavy atom. The third kappa shape index (κ3) is 2.48. The van der Waals surface area contributed by atoms with Gasteiger partial charge in [0.2, 0.25) is 0 Å². The topological polar surface area (TPSA) is 38.4 Å². The summed E-state index contributed by atoms with van der Waals surface area (Å²) in [5, 5.41) is 0.659. The maximum atomic E-state index is 5.99. The summed E-state index contributed by atoms with van der Waals surface area (Å²) in [4.78, 5) is 4.31. The van der Waals surface area contributed by atoms with Crippen molar-refractivity contribution in [1.82, 2.24) is 0 Å². The van der Waals surface area contributed by atoms with E-state index in [4.69, 9.17) is 17.3 Å². The quantitative estimate of drug-likeness (QED) is 0.638. The molecule has 2 aromatic rings. The molecule has 86 valence electrons. The Hall–Kier alpha value is -1.80. The molecule has 0 amide bonds. The lowest BCUT2D eigenvalue weighted by molar-refractivity contribution is 1.41. The highest BCUT2D eigenvalue weighted by molar-refractivity contribution is 6.31. The van der Waals surface area contributed by atoms with Crippen LogP contribution in [0.2, 0.25) is 5.02 Å². The number of nitrogens with two attached hydrogens (primary N) is 1.